The quantitative estimate of drug-likeness (QED) is 0.766. The summed E-state index contributed by atoms with van der Waals surface area (Å²) >= 11 is 3.55. The number of hydrogen-bond acceptors (Lipinski definition) is 1. The lowest BCUT2D eigenvalue weighted by molar-refractivity contribution is 0.476. The van der Waals surface area contributed by atoms with Gasteiger partial charge < -0.3 is 4.57 Å². The van der Waals surface area contributed by atoms with Gasteiger partial charge in [0, 0.05) is 12.1 Å². The van der Waals surface area contributed by atoms with Crippen LogP contribution in [0.25, 0.3) is 11.4 Å². The van der Waals surface area contributed by atoms with Gasteiger partial charge in [-0.25, -0.2) is 9.37 Å². The molecule has 0 saturated heterocycles. The molecule has 0 aliphatic carbocycles. The van der Waals surface area contributed by atoms with Crippen molar-refractivity contribution in [2.24, 2.45) is 0 Å². The Morgan fingerprint density at radius 1 is 1.33 bits per heavy atom. The second-order valence-electron chi connectivity index (χ2n) is 4.81. The van der Waals surface area contributed by atoms with E-state index in [-0.39, 0.29) is 5.82 Å². The molecule has 1 aromatic heterocycles. The molecule has 1 unspecified atom stereocenters. The van der Waals surface area contributed by atoms with E-state index in [9.17, 15) is 4.39 Å². The maximum absolute atomic E-state index is 13.0. The van der Waals surface area contributed by atoms with Gasteiger partial charge >= 0.3 is 0 Å². The van der Waals surface area contributed by atoms with Crippen LogP contribution in [-0.4, -0.2) is 9.55 Å². The Morgan fingerprint density at radius 2 is 2.06 bits per heavy atom. The third kappa shape index (κ3) is 1.88. The van der Waals surface area contributed by atoms with Crippen LogP contribution >= 0.6 is 15.9 Å². The van der Waals surface area contributed by atoms with Gasteiger partial charge in [0.2, 0.25) is 0 Å². The Labute approximate surface area is 114 Å². The topological polar surface area (TPSA) is 17.8 Å². The fourth-order valence-corrected chi connectivity index (χ4v) is 3.42. The first-order chi connectivity index (χ1) is 8.66. The summed E-state index contributed by atoms with van der Waals surface area (Å²) in [6.07, 6.45) is 2.37. The minimum Gasteiger partial charge on any atom is -0.327 e. The van der Waals surface area contributed by atoms with Crippen LogP contribution in [0.15, 0.2) is 28.9 Å². The molecule has 0 spiro atoms. The molecular formula is C14H14BrFN2. The van der Waals surface area contributed by atoms with E-state index in [4.69, 9.17) is 0 Å². The lowest BCUT2D eigenvalue weighted by atomic mass is 9.98. The molecule has 3 rings (SSSR count). The highest BCUT2D eigenvalue weighted by Gasteiger charge is 2.24. The Kier molecular flexibility index (Phi) is 2.98. The van der Waals surface area contributed by atoms with Gasteiger partial charge in [0.15, 0.2) is 0 Å². The molecule has 1 aromatic carbocycles. The van der Waals surface area contributed by atoms with E-state index in [0.717, 1.165) is 22.5 Å². The zero-order chi connectivity index (χ0) is 12.7. The summed E-state index contributed by atoms with van der Waals surface area (Å²) in [7, 11) is 0. The molecule has 1 aliphatic rings. The molecule has 4 heteroatoms. The molecule has 0 amide bonds. The summed E-state index contributed by atoms with van der Waals surface area (Å²) in [4.78, 5) is 4.60. The van der Waals surface area contributed by atoms with Crippen LogP contribution in [0.1, 0.15) is 31.4 Å². The first-order valence-corrected chi connectivity index (χ1v) is 6.98. The van der Waals surface area contributed by atoms with Gasteiger partial charge in [0.25, 0.3) is 0 Å². The van der Waals surface area contributed by atoms with Crippen LogP contribution in [0.3, 0.4) is 0 Å². The number of fused-ring (bicyclic) bond motifs is 1. The number of nitrogens with zero attached hydrogens (tertiary/aromatic N) is 2. The third-order valence-corrected chi connectivity index (χ3v) is 4.13. The average Bonchev–Trinajstić information content (AvgIpc) is 2.69. The molecule has 2 aromatic rings. The molecular weight excluding hydrogens is 295 g/mol. The van der Waals surface area contributed by atoms with Gasteiger partial charge in [-0.3, -0.25) is 0 Å². The molecule has 0 bridgehead atoms. The summed E-state index contributed by atoms with van der Waals surface area (Å²) in [5, 5.41) is 0. The first-order valence-electron chi connectivity index (χ1n) is 6.18. The highest BCUT2D eigenvalue weighted by atomic mass is 79.9. The SMILES string of the molecule is CC1CCCn2c(-c3ccc(F)cc3)nc(Br)c21. The number of rotatable bonds is 1. The Bertz CT molecular complexity index is 574. The van der Waals surface area contributed by atoms with Gasteiger partial charge in [-0.2, -0.15) is 0 Å². The van der Waals surface area contributed by atoms with Crippen molar-refractivity contribution in [3.05, 3.63) is 40.4 Å². The minimum absolute atomic E-state index is 0.211. The van der Waals surface area contributed by atoms with Crippen LogP contribution in [0.5, 0.6) is 0 Å². The molecule has 1 aliphatic heterocycles. The molecule has 0 fully saturated rings. The third-order valence-electron chi connectivity index (χ3n) is 3.55. The van der Waals surface area contributed by atoms with Crippen molar-refractivity contribution in [1.29, 1.82) is 0 Å². The maximum Gasteiger partial charge on any atom is 0.141 e. The van der Waals surface area contributed by atoms with Crippen molar-refractivity contribution >= 4 is 15.9 Å². The molecule has 0 radical (unpaired) electrons. The van der Waals surface area contributed by atoms with Gasteiger partial charge in [-0.15, -0.1) is 0 Å². The van der Waals surface area contributed by atoms with E-state index in [1.54, 1.807) is 12.1 Å². The summed E-state index contributed by atoms with van der Waals surface area (Å²) in [5.41, 5.74) is 2.23. The molecule has 94 valence electrons. The number of benzene rings is 1. The average molecular weight is 309 g/mol. The number of imidazole rings is 1. The van der Waals surface area contributed by atoms with E-state index in [1.165, 1.54) is 30.7 Å². The highest BCUT2D eigenvalue weighted by molar-refractivity contribution is 9.10. The van der Waals surface area contributed by atoms with Gasteiger partial charge in [0.1, 0.15) is 16.2 Å². The van der Waals surface area contributed by atoms with Crippen molar-refractivity contribution in [3.8, 4) is 11.4 Å². The molecule has 2 nitrogen and oxygen atoms in total. The maximum atomic E-state index is 13.0. The van der Waals surface area contributed by atoms with E-state index < -0.39 is 0 Å². The van der Waals surface area contributed by atoms with Gasteiger partial charge in [-0.1, -0.05) is 6.92 Å². The standard InChI is InChI=1S/C14H14BrFN2/c1-9-3-2-8-18-12(9)13(15)17-14(18)10-4-6-11(16)7-5-10/h4-7,9H,2-3,8H2,1H3. The highest BCUT2D eigenvalue weighted by Crippen LogP contribution is 2.36. The first kappa shape index (κ1) is 11.9. The summed E-state index contributed by atoms with van der Waals surface area (Å²) in [6.45, 7) is 3.22. The fraction of sp³-hybridized carbons (Fsp3) is 0.357. The largest absolute Gasteiger partial charge is 0.327 e. The number of aromatic nitrogens is 2. The molecule has 18 heavy (non-hydrogen) atoms. The Balaban J connectivity index is 2.13. The van der Waals surface area contributed by atoms with E-state index >= 15 is 0 Å². The molecule has 0 saturated carbocycles. The smallest absolute Gasteiger partial charge is 0.141 e. The second kappa shape index (κ2) is 4.50. The van der Waals surface area contributed by atoms with Crippen molar-refractivity contribution in [2.75, 3.05) is 0 Å². The Hall–Kier alpha value is -1.16. The predicted octanol–water partition coefficient (Wildman–Crippen LogP) is 4.35. The van der Waals surface area contributed by atoms with E-state index in [0.29, 0.717) is 5.92 Å². The zero-order valence-electron chi connectivity index (χ0n) is 10.2. The van der Waals surface area contributed by atoms with Crippen LogP contribution in [0.4, 0.5) is 4.39 Å². The van der Waals surface area contributed by atoms with Crippen molar-refractivity contribution < 1.29 is 4.39 Å². The molecule has 2 heterocycles. The summed E-state index contributed by atoms with van der Waals surface area (Å²) in [5.74, 6) is 1.25. The molecule has 1 atom stereocenters. The van der Waals surface area contributed by atoms with Crippen molar-refractivity contribution in [3.63, 3.8) is 0 Å². The lowest BCUT2D eigenvalue weighted by Gasteiger charge is -2.22. The normalized spacial score (nSPS) is 18.7. The number of hydrogen-bond donors (Lipinski definition) is 0. The van der Waals surface area contributed by atoms with Crippen LogP contribution in [-0.2, 0) is 6.54 Å². The predicted molar refractivity (Wildman–Crippen MR) is 73.0 cm³/mol. The van der Waals surface area contributed by atoms with Crippen LogP contribution in [0, 0.1) is 5.82 Å². The fourth-order valence-electron chi connectivity index (χ4n) is 2.64. The van der Waals surface area contributed by atoms with E-state index in [2.05, 4.69) is 32.4 Å². The number of halogens is 2. The van der Waals surface area contributed by atoms with Crippen molar-refractivity contribution in [2.45, 2.75) is 32.2 Å². The summed E-state index contributed by atoms with van der Waals surface area (Å²) < 4.78 is 16.2. The van der Waals surface area contributed by atoms with Crippen LogP contribution in [0.2, 0.25) is 0 Å². The minimum atomic E-state index is -0.211. The van der Waals surface area contributed by atoms with Gasteiger partial charge in [0.05, 0.1) is 5.69 Å². The Morgan fingerprint density at radius 3 is 2.78 bits per heavy atom. The zero-order valence-corrected chi connectivity index (χ0v) is 11.7. The summed E-state index contributed by atoms with van der Waals surface area (Å²) in [6, 6.07) is 6.54. The molecule has 0 N–H and O–H groups in total. The van der Waals surface area contributed by atoms with Crippen LogP contribution < -0.4 is 0 Å². The van der Waals surface area contributed by atoms with E-state index in [1.807, 2.05) is 0 Å². The van der Waals surface area contributed by atoms with Gasteiger partial charge in [-0.05, 0) is 59.0 Å². The second-order valence-corrected chi connectivity index (χ2v) is 5.56. The monoisotopic (exact) mass is 308 g/mol. The lowest BCUT2D eigenvalue weighted by Crippen LogP contribution is -2.14. The van der Waals surface area contributed by atoms with Crippen molar-refractivity contribution in [1.82, 2.24) is 9.55 Å².